The first-order valence-corrected chi connectivity index (χ1v) is 7.00. The molecule has 0 saturated carbocycles. The van der Waals surface area contributed by atoms with Gasteiger partial charge in [-0.25, -0.2) is 0 Å². The summed E-state index contributed by atoms with van der Waals surface area (Å²) >= 11 is 0. The number of benzene rings is 2. The van der Waals surface area contributed by atoms with Crippen molar-refractivity contribution < 1.29 is 15.3 Å². The highest BCUT2D eigenvalue weighted by molar-refractivity contribution is 5.53. The van der Waals surface area contributed by atoms with E-state index in [1.807, 2.05) is 29.2 Å². The molecule has 6 nitrogen and oxygen atoms in total. The van der Waals surface area contributed by atoms with Crippen molar-refractivity contribution in [1.82, 2.24) is 0 Å². The van der Waals surface area contributed by atoms with Gasteiger partial charge in [-0.05, 0) is 48.5 Å². The maximum Gasteiger partial charge on any atom is 0.115 e. The van der Waals surface area contributed by atoms with Crippen molar-refractivity contribution in [2.24, 2.45) is 10.2 Å². The van der Waals surface area contributed by atoms with Gasteiger partial charge in [-0.3, -0.25) is 0 Å². The summed E-state index contributed by atoms with van der Waals surface area (Å²) in [6.45, 7) is 0.995. The lowest BCUT2D eigenvalue weighted by Gasteiger charge is -2.22. The van der Waals surface area contributed by atoms with Gasteiger partial charge in [-0.15, -0.1) is 0 Å². The molecule has 0 radical (unpaired) electrons. The van der Waals surface area contributed by atoms with E-state index >= 15 is 0 Å². The Morgan fingerprint density at radius 1 is 0.727 bits per heavy atom. The van der Waals surface area contributed by atoms with Crippen LogP contribution in [0, 0.1) is 0 Å². The summed E-state index contributed by atoms with van der Waals surface area (Å²) in [5.74, 6) is 0.191. The van der Waals surface area contributed by atoms with Crippen molar-refractivity contribution in [3.63, 3.8) is 0 Å². The molecule has 0 unspecified atom stereocenters. The van der Waals surface area contributed by atoms with Gasteiger partial charge >= 0.3 is 0 Å². The Morgan fingerprint density at radius 3 is 1.64 bits per heavy atom. The van der Waals surface area contributed by atoms with Crippen molar-refractivity contribution in [2.45, 2.75) is 0 Å². The molecule has 0 saturated heterocycles. The number of aliphatic hydroxyl groups excluding tert-OH is 2. The second-order valence-electron chi connectivity index (χ2n) is 4.67. The maximum absolute atomic E-state index is 9.20. The van der Waals surface area contributed by atoms with E-state index in [0.29, 0.717) is 24.5 Å². The van der Waals surface area contributed by atoms with Crippen LogP contribution in [0.1, 0.15) is 0 Å². The summed E-state index contributed by atoms with van der Waals surface area (Å²) in [5, 5.41) is 35.5. The van der Waals surface area contributed by atoms with Gasteiger partial charge in [0.1, 0.15) is 5.75 Å². The van der Waals surface area contributed by atoms with Crippen LogP contribution in [-0.2, 0) is 0 Å². The summed E-state index contributed by atoms with van der Waals surface area (Å²) in [6.07, 6.45) is 0. The lowest BCUT2D eigenvalue weighted by molar-refractivity contribution is 0.281. The number of nitrogens with zero attached hydrogens (tertiary/aromatic N) is 3. The number of aromatic hydroxyl groups is 1. The van der Waals surface area contributed by atoms with Crippen LogP contribution in [0.2, 0.25) is 0 Å². The fourth-order valence-electron chi connectivity index (χ4n) is 1.98. The molecule has 0 atom stereocenters. The minimum Gasteiger partial charge on any atom is -0.508 e. The fraction of sp³-hybridized carbons (Fsp3) is 0.250. The van der Waals surface area contributed by atoms with Gasteiger partial charge in [0.15, 0.2) is 0 Å². The number of phenolic OH excluding ortho intramolecular Hbond substituents is 1. The average molecular weight is 301 g/mol. The maximum atomic E-state index is 9.20. The zero-order valence-electron chi connectivity index (χ0n) is 12.1. The standard InChI is InChI=1S/C16H19N3O3/c20-11-9-19(10-12-21)15-5-1-13(2-6-15)17-18-14-3-7-16(22)8-4-14/h1-8,20-22H,9-12H2. The molecule has 0 aliphatic rings. The predicted molar refractivity (Wildman–Crippen MR) is 85.1 cm³/mol. The molecule has 0 aromatic heterocycles. The predicted octanol–water partition coefficient (Wildman–Crippen LogP) is 2.60. The van der Waals surface area contributed by atoms with Crippen LogP contribution in [-0.4, -0.2) is 41.6 Å². The Hall–Kier alpha value is -2.44. The zero-order valence-corrected chi connectivity index (χ0v) is 12.1. The SMILES string of the molecule is OCCN(CCO)c1ccc(N=Nc2ccc(O)cc2)cc1. The van der Waals surface area contributed by atoms with E-state index in [2.05, 4.69) is 10.2 Å². The molecule has 0 fully saturated rings. The van der Waals surface area contributed by atoms with Crippen LogP contribution in [0.25, 0.3) is 0 Å². The first kappa shape index (κ1) is 15.9. The molecule has 0 spiro atoms. The van der Waals surface area contributed by atoms with Gasteiger partial charge in [-0.1, -0.05) is 0 Å². The Labute approximate surface area is 129 Å². The highest BCUT2D eigenvalue weighted by atomic mass is 16.3. The van der Waals surface area contributed by atoms with Crippen molar-refractivity contribution >= 4 is 17.1 Å². The monoisotopic (exact) mass is 301 g/mol. The molecule has 22 heavy (non-hydrogen) atoms. The molecule has 2 aromatic carbocycles. The van der Waals surface area contributed by atoms with Crippen molar-refractivity contribution in [3.8, 4) is 5.75 Å². The van der Waals surface area contributed by atoms with Crippen LogP contribution >= 0.6 is 0 Å². The molecular weight excluding hydrogens is 282 g/mol. The van der Waals surface area contributed by atoms with Gasteiger partial charge in [0.25, 0.3) is 0 Å². The van der Waals surface area contributed by atoms with E-state index in [-0.39, 0.29) is 19.0 Å². The van der Waals surface area contributed by atoms with Gasteiger partial charge in [0, 0.05) is 18.8 Å². The number of azo groups is 1. The summed E-state index contributed by atoms with van der Waals surface area (Å²) < 4.78 is 0. The molecule has 2 aromatic rings. The Bertz CT molecular complexity index is 591. The van der Waals surface area contributed by atoms with E-state index in [9.17, 15) is 5.11 Å². The van der Waals surface area contributed by atoms with Crippen molar-refractivity contribution in [1.29, 1.82) is 0 Å². The van der Waals surface area contributed by atoms with Crippen molar-refractivity contribution in [2.75, 3.05) is 31.2 Å². The molecule has 0 amide bonds. The highest BCUT2D eigenvalue weighted by Gasteiger charge is 2.04. The summed E-state index contributed by atoms with van der Waals surface area (Å²) in [6, 6.07) is 13.8. The normalized spacial score (nSPS) is 11.0. The van der Waals surface area contributed by atoms with E-state index in [1.54, 1.807) is 24.3 Å². The Balaban J connectivity index is 2.06. The highest BCUT2D eigenvalue weighted by Crippen LogP contribution is 2.23. The fourth-order valence-corrected chi connectivity index (χ4v) is 1.98. The van der Waals surface area contributed by atoms with Crippen LogP contribution in [0.15, 0.2) is 58.8 Å². The van der Waals surface area contributed by atoms with Crippen molar-refractivity contribution in [3.05, 3.63) is 48.5 Å². The molecule has 0 aliphatic carbocycles. The zero-order chi connectivity index (χ0) is 15.8. The molecule has 6 heteroatoms. The minimum absolute atomic E-state index is 0.0301. The van der Waals surface area contributed by atoms with Gasteiger partial charge in [-0.2, -0.15) is 10.2 Å². The third-order valence-corrected chi connectivity index (χ3v) is 3.09. The van der Waals surface area contributed by atoms with E-state index in [1.165, 1.54) is 0 Å². The number of hydrogen-bond donors (Lipinski definition) is 3. The van der Waals surface area contributed by atoms with Crippen LogP contribution in [0.5, 0.6) is 5.75 Å². The number of rotatable bonds is 7. The average Bonchev–Trinajstić information content (AvgIpc) is 2.55. The lowest BCUT2D eigenvalue weighted by atomic mass is 10.2. The molecule has 0 aliphatic heterocycles. The van der Waals surface area contributed by atoms with Gasteiger partial charge in [0.2, 0.25) is 0 Å². The minimum atomic E-state index is 0.0301. The van der Waals surface area contributed by atoms with E-state index < -0.39 is 0 Å². The number of phenols is 1. The Morgan fingerprint density at radius 2 is 1.18 bits per heavy atom. The lowest BCUT2D eigenvalue weighted by Crippen LogP contribution is -2.29. The van der Waals surface area contributed by atoms with Crippen LogP contribution in [0.4, 0.5) is 17.1 Å². The molecule has 3 N–H and O–H groups in total. The third kappa shape index (κ3) is 4.54. The van der Waals surface area contributed by atoms with Gasteiger partial charge < -0.3 is 20.2 Å². The third-order valence-electron chi connectivity index (χ3n) is 3.09. The molecular formula is C16H19N3O3. The smallest absolute Gasteiger partial charge is 0.115 e. The molecule has 0 bridgehead atoms. The second kappa shape index (κ2) is 8.11. The summed E-state index contributed by atoms with van der Waals surface area (Å²) in [5.41, 5.74) is 2.26. The molecule has 2 rings (SSSR count). The summed E-state index contributed by atoms with van der Waals surface area (Å²) in [7, 11) is 0. The number of anilines is 1. The topological polar surface area (TPSA) is 88.7 Å². The molecule has 116 valence electrons. The number of aliphatic hydroxyl groups is 2. The summed E-state index contributed by atoms with van der Waals surface area (Å²) in [4.78, 5) is 1.89. The quantitative estimate of drug-likeness (QED) is 0.686. The molecule has 0 heterocycles. The second-order valence-corrected chi connectivity index (χ2v) is 4.67. The van der Waals surface area contributed by atoms with Crippen LogP contribution < -0.4 is 4.90 Å². The van der Waals surface area contributed by atoms with Crippen LogP contribution in [0.3, 0.4) is 0 Å². The Kier molecular flexibility index (Phi) is 5.88. The largest absolute Gasteiger partial charge is 0.508 e. The first-order valence-electron chi connectivity index (χ1n) is 7.00. The van der Waals surface area contributed by atoms with E-state index in [0.717, 1.165) is 5.69 Å². The number of hydrogen-bond acceptors (Lipinski definition) is 6. The first-order chi connectivity index (χ1) is 10.7. The van der Waals surface area contributed by atoms with E-state index in [4.69, 9.17) is 10.2 Å². The van der Waals surface area contributed by atoms with Gasteiger partial charge in [0.05, 0.1) is 24.6 Å².